The predicted octanol–water partition coefficient (Wildman–Crippen LogP) is 1.18. The largest absolute Gasteiger partial charge is 0.477 e. The maximum Gasteiger partial charge on any atom is 0.354 e. The van der Waals surface area contributed by atoms with Crippen LogP contribution >= 0.6 is 0 Å². The molecule has 0 saturated heterocycles. The number of carboxylic acid groups (broad SMARTS) is 1. The first-order valence-corrected chi connectivity index (χ1v) is 4.44. The summed E-state index contributed by atoms with van der Waals surface area (Å²) in [5, 5.41) is 8.74. The smallest absolute Gasteiger partial charge is 0.354 e. The molecule has 4 nitrogen and oxygen atoms in total. The highest BCUT2D eigenvalue weighted by Gasteiger charge is 2.03. The maximum atomic E-state index is 10.7. The summed E-state index contributed by atoms with van der Waals surface area (Å²) in [6, 6.07) is 9.42. The van der Waals surface area contributed by atoms with Crippen molar-refractivity contribution in [1.82, 2.24) is 0 Å². The Morgan fingerprint density at radius 2 is 2.07 bits per heavy atom. The van der Waals surface area contributed by atoms with Crippen molar-refractivity contribution in [3.8, 4) is 0 Å². The van der Waals surface area contributed by atoms with E-state index in [4.69, 9.17) is 10.8 Å². The monoisotopic (exact) mass is 204 g/mol. The quantitative estimate of drug-likeness (QED) is 0.723. The van der Waals surface area contributed by atoms with Gasteiger partial charge in [0, 0.05) is 0 Å². The number of carbonyl (C=O) groups is 1. The van der Waals surface area contributed by atoms with Gasteiger partial charge in [0.15, 0.2) is 0 Å². The standard InChI is InChI=1S/C11H12N2O2/c12-7-6-10(11(14)15)13-8-9-4-2-1-3-5-9/h1-7H,8,12H2,(H,14,15). The van der Waals surface area contributed by atoms with E-state index in [0.29, 0.717) is 6.54 Å². The molecule has 78 valence electrons. The average molecular weight is 204 g/mol. The Balaban J connectivity index is 2.74. The van der Waals surface area contributed by atoms with Crippen molar-refractivity contribution in [3.63, 3.8) is 0 Å². The van der Waals surface area contributed by atoms with E-state index in [2.05, 4.69) is 4.99 Å². The van der Waals surface area contributed by atoms with Gasteiger partial charge in [-0.3, -0.25) is 4.99 Å². The van der Waals surface area contributed by atoms with Gasteiger partial charge in [-0.15, -0.1) is 0 Å². The molecule has 0 saturated carbocycles. The SMILES string of the molecule is NC=CC(=NCc1ccccc1)C(=O)O. The first-order valence-electron chi connectivity index (χ1n) is 4.44. The topological polar surface area (TPSA) is 75.7 Å². The van der Waals surface area contributed by atoms with Crippen LogP contribution in [0.3, 0.4) is 0 Å². The first-order chi connectivity index (χ1) is 7.24. The summed E-state index contributed by atoms with van der Waals surface area (Å²) < 4.78 is 0. The van der Waals surface area contributed by atoms with Gasteiger partial charge < -0.3 is 10.8 Å². The van der Waals surface area contributed by atoms with Crippen molar-refractivity contribution in [1.29, 1.82) is 0 Å². The molecule has 0 spiro atoms. The van der Waals surface area contributed by atoms with E-state index in [1.807, 2.05) is 30.3 Å². The summed E-state index contributed by atoms with van der Waals surface area (Å²) in [4.78, 5) is 14.6. The second-order valence-electron chi connectivity index (χ2n) is 2.85. The Hall–Kier alpha value is -2.10. The lowest BCUT2D eigenvalue weighted by Crippen LogP contribution is -2.10. The van der Waals surface area contributed by atoms with Crippen molar-refractivity contribution in [2.75, 3.05) is 0 Å². The molecule has 0 bridgehead atoms. The summed E-state index contributed by atoms with van der Waals surface area (Å²) in [7, 11) is 0. The van der Waals surface area contributed by atoms with Crippen LogP contribution in [-0.4, -0.2) is 16.8 Å². The minimum absolute atomic E-state index is 0.0404. The van der Waals surface area contributed by atoms with Crippen LogP contribution in [0.25, 0.3) is 0 Å². The highest BCUT2D eigenvalue weighted by Crippen LogP contribution is 2.00. The molecule has 1 aromatic rings. The van der Waals surface area contributed by atoms with E-state index in [1.54, 1.807) is 0 Å². The number of benzene rings is 1. The van der Waals surface area contributed by atoms with E-state index in [1.165, 1.54) is 6.08 Å². The van der Waals surface area contributed by atoms with Gasteiger partial charge in [0.1, 0.15) is 5.71 Å². The van der Waals surface area contributed by atoms with Gasteiger partial charge in [-0.25, -0.2) is 4.79 Å². The fourth-order valence-corrected chi connectivity index (χ4v) is 1.04. The molecule has 3 N–H and O–H groups in total. The van der Waals surface area contributed by atoms with Crippen LogP contribution in [0.4, 0.5) is 0 Å². The second-order valence-corrected chi connectivity index (χ2v) is 2.85. The molecule has 0 atom stereocenters. The molecule has 0 aliphatic heterocycles. The molecule has 0 aliphatic carbocycles. The second kappa shape index (κ2) is 5.59. The van der Waals surface area contributed by atoms with Crippen molar-refractivity contribution in [2.24, 2.45) is 10.7 Å². The van der Waals surface area contributed by atoms with Gasteiger partial charge in [-0.2, -0.15) is 0 Å². The molecule has 15 heavy (non-hydrogen) atoms. The summed E-state index contributed by atoms with van der Waals surface area (Å²) in [5.74, 6) is -1.08. The summed E-state index contributed by atoms with van der Waals surface area (Å²) in [5.41, 5.74) is 6.03. The Labute approximate surface area is 87.8 Å². The Bertz CT molecular complexity index is 383. The minimum Gasteiger partial charge on any atom is -0.477 e. The van der Waals surface area contributed by atoms with Crippen LogP contribution in [0.15, 0.2) is 47.6 Å². The van der Waals surface area contributed by atoms with E-state index in [9.17, 15) is 4.79 Å². The van der Waals surface area contributed by atoms with Crippen molar-refractivity contribution >= 4 is 11.7 Å². The third-order valence-corrected chi connectivity index (χ3v) is 1.75. The highest BCUT2D eigenvalue weighted by atomic mass is 16.4. The number of aliphatic carboxylic acids is 1. The molecule has 0 amide bonds. The fraction of sp³-hybridized carbons (Fsp3) is 0.0909. The number of nitrogens with two attached hydrogens (primary N) is 1. The molecule has 0 unspecified atom stereocenters. The minimum atomic E-state index is -1.08. The molecule has 0 heterocycles. The van der Waals surface area contributed by atoms with Crippen molar-refractivity contribution < 1.29 is 9.90 Å². The molecule has 0 fully saturated rings. The fourth-order valence-electron chi connectivity index (χ4n) is 1.04. The zero-order valence-corrected chi connectivity index (χ0v) is 8.13. The molecule has 0 radical (unpaired) electrons. The van der Waals surface area contributed by atoms with Crippen LogP contribution in [0.1, 0.15) is 5.56 Å². The third-order valence-electron chi connectivity index (χ3n) is 1.75. The van der Waals surface area contributed by atoms with Gasteiger partial charge in [-0.05, 0) is 17.8 Å². The van der Waals surface area contributed by atoms with Crippen molar-refractivity contribution in [3.05, 3.63) is 48.2 Å². The van der Waals surface area contributed by atoms with E-state index in [-0.39, 0.29) is 5.71 Å². The summed E-state index contributed by atoms with van der Waals surface area (Å²) in [6.45, 7) is 0.340. The lowest BCUT2D eigenvalue weighted by atomic mass is 10.2. The Morgan fingerprint density at radius 3 is 2.60 bits per heavy atom. The number of carboxylic acids is 1. The molecular weight excluding hydrogens is 192 g/mol. The van der Waals surface area contributed by atoms with Gasteiger partial charge in [-0.1, -0.05) is 30.3 Å². The lowest BCUT2D eigenvalue weighted by molar-refractivity contribution is -0.129. The first kappa shape index (κ1) is 11.0. The average Bonchev–Trinajstić information content (AvgIpc) is 2.25. The molecule has 0 aromatic heterocycles. The van der Waals surface area contributed by atoms with Crippen LogP contribution in [0.2, 0.25) is 0 Å². The van der Waals surface area contributed by atoms with Crippen LogP contribution < -0.4 is 5.73 Å². The van der Waals surface area contributed by atoms with Gasteiger partial charge in [0.2, 0.25) is 0 Å². The molecule has 1 aromatic carbocycles. The zero-order chi connectivity index (χ0) is 11.1. The maximum absolute atomic E-state index is 10.7. The van der Waals surface area contributed by atoms with Gasteiger partial charge >= 0.3 is 5.97 Å². The van der Waals surface area contributed by atoms with Crippen molar-refractivity contribution in [2.45, 2.75) is 6.54 Å². The van der Waals surface area contributed by atoms with Crippen LogP contribution in [-0.2, 0) is 11.3 Å². The summed E-state index contributed by atoms with van der Waals surface area (Å²) in [6.07, 6.45) is 2.43. The molecule has 1 rings (SSSR count). The predicted molar refractivity (Wildman–Crippen MR) is 58.5 cm³/mol. The Morgan fingerprint density at radius 1 is 1.40 bits per heavy atom. The molecule has 0 aliphatic rings. The number of nitrogens with zero attached hydrogens (tertiary/aromatic N) is 1. The lowest BCUT2D eigenvalue weighted by Gasteiger charge is -1.96. The number of aliphatic imine (C=N–C) groups is 1. The number of hydrogen-bond donors (Lipinski definition) is 2. The van der Waals surface area contributed by atoms with E-state index in [0.717, 1.165) is 11.8 Å². The van der Waals surface area contributed by atoms with E-state index >= 15 is 0 Å². The third kappa shape index (κ3) is 3.64. The molecular formula is C11H12N2O2. The van der Waals surface area contributed by atoms with E-state index < -0.39 is 5.97 Å². The number of rotatable bonds is 4. The number of hydrogen-bond acceptors (Lipinski definition) is 3. The van der Waals surface area contributed by atoms with Gasteiger partial charge in [0.05, 0.1) is 6.54 Å². The van der Waals surface area contributed by atoms with Crippen LogP contribution in [0.5, 0.6) is 0 Å². The normalized spacial score (nSPS) is 11.9. The molecule has 4 heteroatoms. The Kier molecular flexibility index (Phi) is 4.09. The zero-order valence-electron chi connectivity index (χ0n) is 8.13. The van der Waals surface area contributed by atoms with Crippen LogP contribution in [0, 0.1) is 0 Å². The summed E-state index contributed by atoms with van der Waals surface area (Å²) >= 11 is 0. The highest BCUT2D eigenvalue weighted by molar-refractivity contribution is 6.40. The van der Waals surface area contributed by atoms with Gasteiger partial charge in [0.25, 0.3) is 0 Å².